The molecular weight excluding hydrogens is 400 g/mol. The lowest BCUT2D eigenvalue weighted by Gasteiger charge is -2.24. The van der Waals surface area contributed by atoms with Crippen LogP contribution >= 0.6 is 0 Å². The third-order valence-electron chi connectivity index (χ3n) is 4.57. The van der Waals surface area contributed by atoms with E-state index in [0.29, 0.717) is 17.9 Å². The van der Waals surface area contributed by atoms with Gasteiger partial charge in [0.15, 0.2) is 11.6 Å². The Labute approximate surface area is 180 Å². The molecular formula is C24H23F2N3O2. The second-order valence-electron chi connectivity index (χ2n) is 7.09. The van der Waals surface area contributed by atoms with Crippen molar-refractivity contribution in [3.05, 3.63) is 95.8 Å². The van der Waals surface area contributed by atoms with Gasteiger partial charge in [-0.1, -0.05) is 18.2 Å². The molecule has 0 saturated carbocycles. The molecule has 160 valence electrons. The number of halogens is 2. The summed E-state index contributed by atoms with van der Waals surface area (Å²) in [5, 5.41) is 2.80. The van der Waals surface area contributed by atoms with Crippen LogP contribution in [0.5, 0.6) is 11.5 Å². The van der Waals surface area contributed by atoms with Crippen LogP contribution in [0.2, 0.25) is 0 Å². The zero-order valence-electron chi connectivity index (χ0n) is 17.3. The molecule has 1 atom stereocenters. The summed E-state index contributed by atoms with van der Waals surface area (Å²) >= 11 is 0. The van der Waals surface area contributed by atoms with Crippen molar-refractivity contribution in [2.75, 3.05) is 20.6 Å². The van der Waals surface area contributed by atoms with Gasteiger partial charge in [-0.05, 0) is 67.7 Å². The summed E-state index contributed by atoms with van der Waals surface area (Å²) in [5.74, 6) is -0.713. The molecule has 0 bridgehead atoms. The van der Waals surface area contributed by atoms with E-state index in [-0.39, 0.29) is 23.5 Å². The first-order valence-electron chi connectivity index (χ1n) is 9.67. The van der Waals surface area contributed by atoms with Crippen LogP contribution in [0.1, 0.15) is 17.2 Å². The molecule has 7 heteroatoms. The predicted molar refractivity (Wildman–Crippen MR) is 116 cm³/mol. The van der Waals surface area contributed by atoms with E-state index in [1.807, 2.05) is 25.1 Å². The van der Waals surface area contributed by atoms with Crippen molar-refractivity contribution >= 4 is 12.0 Å². The summed E-state index contributed by atoms with van der Waals surface area (Å²) in [6, 6.07) is 13.9. The SMILES string of the molecule is CN(C)C(CNC(=O)/C=C/c1ccc(Oc2cccnc2)c(F)c1)c1cccc(F)c1. The van der Waals surface area contributed by atoms with E-state index in [2.05, 4.69) is 10.3 Å². The van der Waals surface area contributed by atoms with Crippen molar-refractivity contribution in [3.8, 4) is 11.5 Å². The maximum atomic E-state index is 14.3. The Bertz CT molecular complexity index is 1060. The molecule has 0 saturated heterocycles. The van der Waals surface area contributed by atoms with Gasteiger partial charge in [-0.25, -0.2) is 8.78 Å². The van der Waals surface area contributed by atoms with E-state index in [1.54, 1.807) is 30.5 Å². The van der Waals surface area contributed by atoms with Crippen LogP contribution in [0.4, 0.5) is 8.78 Å². The van der Waals surface area contributed by atoms with Crippen LogP contribution < -0.4 is 10.1 Å². The molecule has 3 aromatic rings. The van der Waals surface area contributed by atoms with Gasteiger partial charge in [0.2, 0.25) is 5.91 Å². The van der Waals surface area contributed by atoms with Crippen LogP contribution in [0.3, 0.4) is 0 Å². The van der Waals surface area contributed by atoms with Gasteiger partial charge >= 0.3 is 0 Å². The normalized spacial score (nSPS) is 12.2. The largest absolute Gasteiger partial charge is 0.453 e. The molecule has 0 spiro atoms. The van der Waals surface area contributed by atoms with Crippen LogP contribution in [0, 0.1) is 11.6 Å². The Morgan fingerprint density at radius 2 is 2.00 bits per heavy atom. The molecule has 1 aromatic heterocycles. The molecule has 1 amide bonds. The minimum absolute atomic E-state index is 0.0681. The quantitative estimate of drug-likeness (QED) is 0.539. The Morgan fingerprint density at radius 1 is 1.16 bits per heavy atom. The number of ether oxygens (including phenoxy) is 1. The molecule has 1 heterocycles. The topological polar surface area (TPSA) is 54.5 Å². The Balaban J connectivity index is 1.59. The maximum absolute atomic E-state index is 14.3. The number of hydrogen-bond acceptors (Lipinski definition) is 4. The number of amides is 1. The van der Waals surface area contributed by atoms with Crippen molar-refractivity contribution in [1.29, 1.82) is 0 Å². The van der Waals surface area contributed by atoms with E-state index in [4.69, 9.17) is 4.74 Å². The highest BCUT2D eigenvalue weighted by Crippen LogP contribution is 2.25. The third-order valence-corrected chi connectivity index (χ3v) is 4.57. The fourth-order valence-electron chi connectivity index (χ4n) is 2.98. The lowest BCUT2D eigenvalue weighted by Crippen LogP contribution is -2.33. The number of hydrogen-bond donors (Lipinski definition) is 1. The number of nitrogens with zero attached hydrogens (tertiary/aromatic N) is 2. The highest BCUT2D eigenvalue weighted by molar-refractivity contribution is 5.91. The first-order valence-corrected chi connectivity index (χ1v) is 9.67. The number of carbonyl (C=O) groups is 1. The van der Waals surface area contributed by atoms with E-state index in [0.717, 1.165) is 5.56 Å². The van der Waals surface area contributed by atoms with Gasteiger partial charge in [-0.3, -0.25) is 9.78 Å². The first-order chi connectivity index (χ1) is 14.9. The summed E-state index contributed by atoms with van der Waals surface area (Å²) in [4.78, 5) is 18.0. The number of pyridine rings is 1. The summed E-state index contributed by atoms with van der Waals surface area (Å²) in [6.07, 6.45) is 5.93. The zero-order valence-corrected chi connectivity index (χ0v) is 17.3. The van der Waals surface area contributed by atoms with Crippen LogP contribution in [-0.4, -0.2) is 36.4 Å². The second kappa shape index (κ2) is 10.4. The Hall–Kier alpha value is -3.58. The first kappa shape index (κ1) is 22.1. The minimum atomic E-state index is -0.551. The highest BCUT2D eigenvalue weighted by atomic mass is 19.1. The van der Waals surface area contributed by atoms with Crippen molar-refractivity contribution in [2.45, 2.75) is 6.04 Å². The fourth-order valence-corrected chi connectivity index (χ4v) is 2.98. The number of benzene rings is 2. The number of likely N-dealkylation sites (N-methyl/N-ethyl adjacent to an activating group) is 1. The van der Waals surface area contributed by atoms with Gasteiger partial charge < -0.3 is 15.0 Å². The molecule has 0 radical (unpaired) electrons. The van der Waals surface area contributed by atoms with Crippen molar-refractivity contribution < 1.29 is 18.3 Å². The molecule has 5 nitrogen and oxygen atoms in total. The number of aromatic nitrogens is 1. The van der Waals surface area contributed by atoms with Gasteiger partial charge in [-0.2, -0.15) is 0 Å². The monoisotopic (exact) mass is 423 g/mol. The Morgan fingerprint density at radius 3 is 2.68 bits per heavy atom. The summed E-state index contributed by atoms with van der Waals surface area (Å²) in [6.45, 7) is 0.297. The maximum Gasteiger partial charge on any atom is 0.244 e. The number of rotatable bonds is 8. The van der Waals surface area contributed by atoms with Crippen molar-refractivity contribution in [1.82, 2.24) is 15.2 Å². The zero-order chi connectivity index (χ0) is 22.2. The average Bonchev–Trinajstić information content (AvgIpc) is 2.75. The minimum Gasteiger partial charge on any atom is -0.453 e. The second-order valence-corrected chi connectivity index (χ2v) is 7.09. The lowest BCUT2D eigenvalue weighted by molar-refractivity contribution is -0.116. The lowest BCUT2D eigenvalue weighted by atomic mass is 10.1. The van der Waals surface area contributed by atoms with E-state index in [9.17, 15) is 13.6 Å². The standard InChI is InChI=1S/C24H23F2N3O2/c1-29(2)22(18-5-3-6-19(25)14-18)16-28-24(30)11-9-17-8-10-23(21(26)13-17)31-20-7-4-12-27-15-20/h3-15,22H,16H2,1-2H3,(H,28,30)/b11-9+. The average molecular weight is 423 g/mol. The summed E-state index contributed by atoms with van der Waals surface area (Å²) < 4.78 is 33.3. The van der Waals surface area contributed by atoms with Crippen LogP contribution in [0.15, 0.2) is 73.1 Å². The van der Waals surface area contributed by atoms with Crippen molar-refractivity contribution in [3.63, 3.8) is 0 Å². The molecule has 0 aliphatic carbocycles. The van der Waals surface area contributed by atoms with E-state index < -0.39 is 5.82 Å². The predicted octanol–water partition coefficient (Wildman–Crippen LogP) is 4.58. The van der Waals surface area contributed by atoms with Crippen LogP contribution in [-0.2, 0) is 4.79 Å². The molecule has 0 fully saturated rings. The summed E-state index contributed by atoms with van der Waals surface area (Å²) in [7, 11) is 3.71. The molecule has 0 aliphatic heterocycles. The fraction of sp³-hybridized carbons (Fsp3) is 0.167. The van der Waals surface area contributed by atoms with E-state index in [1.165, 1.54) is 42.6 Å². The van der Waals surface area contributed by atoms with Gasteiger partial charge in [0.1, 0.15) is 11.6 Å². The van der Waals surface area contributed by atoms with Crippen molar-refractivity contribution in [2.24, 2.45) is 0 Å². The number of carbonyl (C=O) groups excluding carboxylic acids is 1. The third kappa shape index (κ3) is 6.45. The highest BCUT2D eigenvalue weighted by Gasteiger charge is 2.15. The molecule has 1 N–H and O–H groups in total. The Kier molecular flexibility index (Phi) is 7.45. The van der Waals surface area contributed by atoms with Crippen LogP contribution in [0.25, 0.3) is 6.08 Å². The molecule has 2 aromatic carbocycles. The summed E-state index contributed by atoms with van der Waals surface area (Å²) in [5.41, 5.74) is 1.28. The van der Waals surface area contributed by atoms with Gasteiger partial charge in [0, 0.05) is 18.8 Å². The van der Waals surface area contributed by atoms with Gasteiger partial charge in [0.05, 0.1) is 12.2 Å². The van der Waals surface area contributed by atoms with Gasteiger partial charge in [0.25, 0.3) is 0 Å². The number of nitrogens with one attached hydrogen (secondary N) is 1. The van der Waals surface area contributed by atoms with E-state index >= 15 is 0 Å². The molecule has 3 rings (SSSR count). The van der Waals surface area contributed by atoms with Gasteiger partial charge in [-0.15, -0.1) is 0 Å². The molecule has 0 aliphatic rings. The molecule has 1 unspecified atom stereocenters. The smallest absolute Gasteiger partial charge is 0.244 e. The molecule has 31 heavy (non-hydrogen) atoms.